The van der Waals surface area contributed by atoms with Crippen LogP contribution < -0.4 is 0 Å². The van der Waals surface area contributed by atoms with Gasteiger partial charge in [0.05, 0.1) is 5.56 Å². The monoisotopic (exact) mass is 383 g/mol. The molecule has 4 heteroatoms. The molecule has 1 saturated carbocycles. The fourth-order valence-corrected chi connectivity index (χ4v) is 4.12. The fourth-order valence-electron chi connectivity index (χ4n) is 3.50. The Morgan fingerprint density at radius 2 is 2.00 bits per heavy atom. The maximum absolute atomic E-state index is 12.8. The SMILES string of the molecule is O=C1CCCC1C1CCCN1C(=O)c1ccccc1I. The molecule has 1 amide bonds. The van der Waals surface area contributed by atoms with Crippen LogP contribution in [-0.2, 0) is 4.79 Å². The summed E-state index contributed by atoms with van der Waals surface area (Å²) in [6, 6.07) is 7.82. The molecule has 1 aromatic carbocycles. The molecule has 0 N–H and O–H groups in total. The van der Waals surface area contributed by atoms with E-state index >= 15 is 0 Å². The van der Waals surface area contributed by atoms with Crippen molar-refractivity contribution in [3.05, 3.63) is 33.4 Å². The number of halogens is 1. The third-order valence-electron chi connectivity index (χ3n) is 4.48. The van der Waals surface area contributed by atoms with Gasteiger partial charge in [-0.2, -0.15) is 0 Å². The van der Waals surface area contributed by atoms with E-state index in [1.807, 2.05) is 29.2 Å². The summed E-state index contributed by atoms with van der Waals surface area (Å²) >= 11 is 2.21. The first-order valence-electron chi connectivity index (χ1n) is 7.26. The average molecular weight is 383 g/mol. The molecule has 2 aliphatic rings. The molecular weight excluding hydrogens is 365 g/mol. The predicted molar refractivity (Wildman–Crippen MR) is 85.6 cm³/mol. The summed E-state index contributed by atoms with van der Waals surface area (Å²) in [5.41, 5.74) is 0.769. The second-order valence-corrected chi connectivity index (χ2v) is 6.82. The second-order valence-electron chi connectivity index (χ2n) is 5.65. The molecule has 2 unspecified atom stereocenters. The van der Waals surface area contributed by atoms with Gasteiger partial charge in [-0.05, 0) is 60.4 Å². The van der Waals surface area contributed by atoms with Crippen molar-refractivity contribution in [2.24, 2.45) is 5.92 Å². The van der Waals surface area contributed by atoms with Crippen molar-refractivity contribution in [1.29, 1.82) is 0 Å². The molecule has 0 aromatic heterocycles. The van der Waals surface area contributed by atoms with Crippen molar-refractivity contribution in [2.45, 2.75) is 38.1 Å². The number of rotatable bonds is 2. The minimum absolute atomic E-state index is 0.0859. The highest BCUT2D eigenvalue weighted by Crippen LogP contribution is 2.34. The number of hydrogen-bond donors (Lipinski definition) is 0. The second kappa shape index (κ2) is 5.84. The van der Waals surface area contributed by atoms with E-state index in [1.165, 1.54) is 0 Å². The number of carbonyl (C=O) groups excluding carboxylic acids is 2. The number of amides is 1. The van der Waals surface area contributed by atoms with Gasteiger partial charge in [0.1, 0.15) is 5.78 Å². The molecule has 1 aliphatic carbocycles. The molecule has 1 aromatic rings. The maximum Gasteiger partial charge on any atom is 0.255 e. The molecule has 3 rings (SSSR count). The van der Waals surface area contributed by atoms with Crippen LogP contribution in [0.1, 0.15) is 42.5 Å². The lowest BCUT2D eigenvalue weighted by molar-refractivity contribution is -0.121. The molecule has 0 bridgehead atoms. The first-order valence-corrected chi connectivity index (χ1v) is 8.34. The molecule has 2 atom stereocenters. The Morgan fingerprint density at radius 3 is 2.70 bits per heavy atom. The zero-order chi connectivity index (χ0) is 14.1. The first-order chi connectivity index (χ1) is 9.68. The Hall–Kier alpha value is -0.910. The number of carbonyl (C=O) groups is 2. The lowest BCUT2D eigenvalue weighted by Gasteiger charge is -2.29. The molecule has 1 aliphatic heterocycles. The molecule has 106 valence electrons. The van der Waals surface area contributed by atoms with Gasteiger partial charge in [-0.3, -0.25) is 9.59 Å². The van der Waals surface area contributed by atoms with Crippen LogP contribution in [0.5, 0.6) is 0 Å². The van der Waals surface area contributed by atoms with Gasteiger partial charge < -0.3 is 4.90 Å². The summed E-state index contributed by atoms with van der Waals surface area (Å²) in [7, 11) is 0. The summed E-state index contributed by atoms with van der Waals surface area (Å²) in [6.45, 7) is 0.790. The smallest absolute Gasteiger partial charge is 0.255 e. The van der Waals surface area contributed by atoms with Gasteiger partial charge in [-0.15, -0.1) is 0 Å². The number of hydrogen-bond acceptors (Lipinski definition) is 2. The fraction of sp³-hybridized carbons (Fsp3) is 0.500. The summed E-state index contributed by atoms with van der Waals surface area (Å²) < 4.78 is 0.985. The van der Waals surface area contributed by atoms with Crippen LogP contribution in [0.15, 0.2) is 24.3 Å². The Balaban J connectivity index is 1.83. The minimum atomic E-state index is 0.0859. The topological polar surface area (TPSA) is 37.4 Å². The van der Waals surface area contributed by atoms with Crippen LogP contribution in [0.4, 0.5) is 0 Å². The van der Waals surface area contributed by atoms with Crippen LogP contribution in [0.2, 0.25) is 0 Å². The van der Waals surface area contributed by atoms with Gasteiger partial charge >= 0.3 is 0 Å². The molecule has 0 radical (unpaired) electrons. The van der Waals surface area contributed by atoms with Gasteiger partial charge in [-0.25, -0.2) is 0 Å². The van der Waals surface area contributed by atoms with Crippen LogP contribution in [0, 0.1) is 9.49 Å². The van der Waals surface area contributed by atoms with Gasteiger partial charge in [-0.1, -0.05) is 12.1 Å². The zero-order valence-electron chi connectivity index (χ0n) is 11.3. The molecule has 1 saturated heterocycles. The van der Waals surface area contributed by atoms with Crippen molar-refractivity contribution in [3.8, 4) is 0 Å². The largest absolute Gasteiger partial charge is 0.335 e. The van der Waals surface area contributed by atoms with Gasteiger partial charge in [0.15, 0.2) is 0 Å². The molecule has 1 heterocycles. The standard InChI is InChI=1S/C16H18INO2/c17-13-7-2-1-5-11(13)16(20)18-10-4-8-14(18)12-6-3-9-15(12)19/h1-2,5,7,12,14H,3-4,6,8-10H2. The maximum atomic E-state index is 12.8. The normalized spacial score (nSPS) is 26.2. The highest BCUT2D eigenvalue weighted by Gasteiger charge is 2.40. The van der Waals surface area contributed by atoms with E-state index in [1.54, 1.807) is 0 Å². The number of benzene rings is 1. The predicted octanol–water partition coefficient (Wildman–Crippen LogP) is 3.27. The quantitative estimate of drug-likeness (QED) is 0.736. The lowest BCUT2D eigenvalue weighted by Crippen LogP contribution is -2.41. The Bertz CT molecular complexity index is 543. The molecule has 3 nitrogen and oxygen atoms in total. The van der Waals surface area contributed by atoms with Gasteiger partial charge in [0.25, 0.3) is 5.91 Å². The Morgan fingerprint density at radius 1 is 1.20 bits per heavy atom. The number of ketones is 1. The van der Waals surface area contributed by atoms with Crippen molar-refractivity contribution >= 4 is 34.3 Å². The molecule has 0 spiro atoms. The number of nitrogens with zero attached hydrogens (tertiary/aromatic N) is 1. The molecular formula is C16H18INO2. The third-order valence-corrected chi connectivity index (χ3v) is 5.42. The van der Waals surface area contributed by atoms with Crippen LogP contribution in [0.3, 0.4) is 0 Å². The van der Waals surface area contributed by atoms with Gasteiger partial charge in [0.2, 0.25) is 0 Å². The van der Waals surface area contributed by atoms with E-state index < -0.39 is 0 Å². The first kappa shape index (κ1) is 14.0. The number of likely N-dealkylation sites (tertiary alicyclic amines) is 1. The zero-order valence-corrected chi connectivity index (χ0v) is 13.5. The van der Waals surface area contributed by atoms with E-state index in [-0.39, 0.29) is 17.9 Å². The third kappa shape index (κ3) is 2.50. The molecule has 2 fully saturated rings. The summed E-state index contributed by atoms with van der Waals surface area (Å²) in [5, 5.41) is 0. The molecule has 20 heavy (non-hydrogen) atoms. The lowest BCUT2D eigenvalue weighted by atomic mass is 9.94. The van der Waals surface area contributed by atoms with E-state index in [4.69, 9.17) is 0 Å². The van der Waals surface area contributed by atoms with E-state index in [9.17, 15) is 9.59 Å². The van der Waals surface area contributed by atoms with Crippen LogP contribution in [-0.4, -0.2) is 29.2 Å². The highest BCUT2D eigenvalue weighted by molar-refractivity contribution is 14.1. The van der Waals surface area contributed by atoms with E-state index in [0.29, 0.717) is 12.2 Å². The number of Topliss-reactive ketones (excluding diaryl/α,β-unsaturated/α-hetero) is 1. The highest BCUT2D eigenvalue weighted by atomic mass is 127. The van der Waals surface area contributed by atoms with Crippen LogP contribution in [0.25, 0.3) is 0 Å². The summed E-state index contributed by atoms with van der Waals surface area (Å²) in [5.74, 6) is 0.539. The van der Waals surface area contributed by atoms with E-state index in [0.717, 1.165) is 41.4 Å². The summed E-state index contributed by atoms with van der Waals surface area (Å²) in [4.78, 5) is 26.7. The van der Waals surface area contributed by atoms with E-state index in [2.05, 4.69) is 22.6 Å². The van der Waals surface area contributed by atoms with Crippen LogP contribution >= 0.6 is 22.6 Å². The van der Waals surface area contributed by atoms with Gasteiger partial charge in [0, 0.05) is 28.5 Å². The van der Waals surface area contributed by atoms with Crippen molar-refractivity contribution < 1.29 is 9.59 Å². The Labute approximate surface area is 132 Å². The minimum Gasteiger partial charge on any atom is -0.335 e. The van der Waals surface area contributed by atoms with Crippen molar-refractivity contribution in [3.63, 3.8) is 0 Å². The average Bonchev–Trinajstić information content (AvgIpc) is 3.06. The summed E-state index contributed by atoms with van der Waals surface area (Å²) in [6.07, 6.45) is 4.64. The van der Waals surface area contributed by atoms with Crippen molar-refractivity contribution in [1.82, 2.24) is 4.90 Å². The Kier molecular flexibility index (Phi) is 4.10. The van der Waals surface area contributed by atoms with Crippen molar-refractivity contribution in [2.75, 3.05) is 6.54 Å².